The summed E-state index contributed by atoms with van der Waals surface area (Å²) < 4.78 is 12.8. The van der Waals surface area contributed by atoms with E-state index in [0.717, 1.165) is 57.7 Å². The summed E-state index contributed by atoms with van der Waals surface area (Å²) in [5.41, 5.74) is -0.189. The number of amides is 2. The van der Waals surface area contributed by atoms with Crippen molar-refractivity contribution in [3.63, 3.8) is 0 Å². The minimum absolute atomic E-state index is 0.135. The normalized spacial score (nSPS) is 28.0. The molecule has 2 N–H and O–H groups in total. The first-order valence-corrected chi connectivity index (χ1v) is 11.2. The third-order valence-corrected chi connectivity index (χ3v) is 7.78. The summed E-state index contributed by atoms with van der Waals surface area (Å²) in [7, 11) is -3.23. The Balaban J connectivity index is 1.98. The van der Waals surface area contributed by atoms with Gasteiger partial charge in [0.25, 0.3) is 19.3 Å². The molecule has 0 atom stereocenters. The number of rotatable bonds is 3. The van der Waals surface area contributed by atoms with Crippen molar-refractivity contribution in [1.82, 2.24) is 20.0 Å². The van der Waals surface area contributed by atoms with Crippen LogP contribution < -0.4 is 10.2 Å². The lowest BCUT2D eigenvalue weighted by molar-refractivity contribution is -0.123. The Morgan fingerprint density at radius 1 is 0.840 bits per heavy atom. The molecule has 0 bridgehead atoms. The molecule has 3 rings (SSSR count). The second-order valence-corrected chi connectivity index (χ2v) is 10.2. The molecule has 0 spiro atoms. The smallest absolute Gasteiger partial charge is 0.267 e. The fourth-order valence-electron chi connectivity index (χ4n) is 3.73. The molecule has 0 aromatic carbocycles. The number of likely N-dealkylation sites (tertiary alicyclic amines) is 2. The third kappa shape index (κ3) is 3.71. The standard InChI is InChI=1S/C17H29N4O3P/c1-13(2)25(24)18-15(22)14(16(23)19-25)17(20-9-5-3-6-10-20)21-11-7-4-8-12-21/h13H,3-12H2,1-2H3,(H2,18,19,22,23,24). The van der Waals surface area contributed by atoms with E-state index < -0.39 is 19.3 Å². The van der Waals surface area contributed by atoms with Crippen LogP contribution in [0.2, 0.25) is 0 Å². The molecule has 0 saturated carbocycles. The molecule has 0 aliphatic carbocycles. The zero-order chi connectivity index (χ0) is 18.0. The Kier molecular flexibility index (Phi) is 5.42. The first-order chi connectivity index (χ1) is 11.9. The van der Waals surface area contributed by atoms with Crippen LogP contribution in [0.15, 0.2) is 11.4 Å². The zero-order valence-electron chi connectivity index (χ0n) is 15.2. The van der Waals surface area contributed by atoms with E-state index in [1.54, 1.807) is 13.8 Å². The minimum Gasteiger partial charge on any atom is -0.357 e. The summed E-state index contributed by atoms with van der Waals surface area (Å²) in [5.74, 6) is -0.247. The van der Waals surface area contributed by atoms with Gasteiger partial charge in [-0.15, -0.1) is 0 Å². The minimum atomic E-state index is -3.23. The van der Waals surface area contributed by atoms with Gasteiger partial charge in [0.05, 0.1) is 0 Å². The lowest BCUT2D eigenvalue weighted by atomic mass is 10.1. The van der Waals surface area contributed by atoms with Crippen LogP contribution in [0.25, 0.3) is 0 Å². The molecule has 3 aliphatic rings. The second kappa shape index (κ2) is 7.40. The number of carbonyl (C=O) groups excluding carboxylic acids is 2. The van der Waals surface area contributed by atoms with Crippen LogP contribution in [0, 0.1) is 0 Å². The van der Waals surface area contributed by atoms with Crippen molar-refractivity contribution in [1.29, 1.82) is 0 Å². The van der Waals surface area contributed by atoms with Crippen LogP contribution in [0.4, 0.5) is 0 Å². The number of hydrogen-bond acceptors (Lipinski definition) is 5. The van der Waals surface area contributed by atoms with E-state index in [1.165, 1.54) is 12.8 Å². The van der Waals surface area contributed by atoms with E-state index in [4.69, 9.17) is 0 Å². The Bertz CT molecular complexity index is 575. The highest BCUT2D eigenvalue weighted by molar-refractivity contribution is 7.62. The van der Waals surface area contributed by atoms with Crippen molar-refractivity contribution in [2.24, 2.45) is 0 Å². The molecule has 0 aromatic rings. The van der Waals surface area contributed by atoms with Gasteiger partial charge >= 0.3 is 0 Å². The van der Waals surface area contributed by atoms with Gasteiger partial charge in [0.1, 0.15) is 11.4 Å². The predicted molar refractivity (Wildman–Crippen MR) is 96.9 cm³/mol. The van der Waals surface area contributed by atoms with Gasteiger partial charge < -0.3 is 9.80 Å². The topological polar surface area (TPSA) is 81.8 Å². The van der Waals surface area contributed by atoms with Gasteiger partial charge in [-0.25, -0.2) is 0 Å². The van der Waals surface area contributed by atoms with Gasteiger partial charge in [-0.1, -0.05) is 13.8 Å². The lowest BCUT2D eigenvalue weighted by Gasteiger charge is -2.42. The molecule has 2 amide bonds. The van der Waals surface area contributed by atoms with Gasteiger partial charge in [0, 0.05) is 31.8 Å². The molecule has 3 heterocycles. The number of hydrogen-bond donors (Lipinski definition) is 2. The molecule has 7 nitrogen and oxygen atoms in total. The molecule has 140 valence electrons. The first kappa shape index (κ1) is 18.3. The molecule has 3 fully saturated rings. The molecule has 3 aliphatic heterocycles. The van der Waals surface area contributed by atoms with Gasteiger partial charge in [-0.3, -0.25) is 24.3 Å². The van der Waals surface area contributed by atoms with Crippen molar-refractivity contribution in [3.05, 3.63) is 11.4 Å². The lowest BCUT2D eigenvalue weighted by Crippen LogP contribution is -2.50. The molecule has 0 aromatic heterocycles. The highest BCUT2D eigenvalue weighted by atomic mass is 31.2. The van der Waals surface area contributed by atoms with Crippen molar-refractivity contribution in [2.75, 3.05) is 26.2 Å². The molecular formula is C17H29N4O3P. The monoisotopic (exact) mass is 368 g/mol. The summed E-state index contributed by atoms with van der Waals surface area (Å²) in [4.78, 5) is 29.9. The fourth-order valence-corrected chi connectivity index (χ4v) is 5.13. The predicted octanol–water partition coefficient (Wildman–Crippen LogP) is 2.02. The van der Waals surface area contributed by atoms with Gasteiger partial charge in [-0.05, 0) is 38.5 Å². The Morgan fingerprint density at radius 2 is 1.24 bits per heavy atom. The average molecular weight is 368 g/mol. The maximum Gasteiger partial charge on any atom is 0.267 e. The van der Waals surface area contributed by atoms with Crippen LogP contribution in [0.5, 0.6) is 0 Å². The Morgan fingerprint density at radius 3 is 1.60 bits per heavy atom. The van der Waals surface area contributed by atoms with Crippen LogP contribution in [-0.2, 0) is 14.2 Å². The Hall–Kier alpha value is -1.49. The van der Waals surface area contributed by atoms with E-state index in [9.17, 15) is 14.2 Å². The molecule has 8 heteroatoms. The molecule has 0 radical (unpaired) electrons. The third-order valence-electron chi connectivity index (χ3n) is 5.25. The Labute approximate surface area is 149 Å². The average Bonchev–Trinajstić information content (AvgIpc) is 2.59. The van der Waals surface area contributed by atoms with Gasteiger partial charge in [0.2, 0.25) is 0 Å². The number of nitrogens with zero attached hydrogens (tertiary/aromatic N) is 2. The van der Waals surface area contributed by atoms with Crippen LogP contribution >= 0.6 is 7.44 Å². The van der Waals surface area contributed by atoms with Crippen molar-refractivity contribution >= 4 is 19.3 Å². The van der Waals surface area contributed by atoms with Crippen LogP contribution in [-0.4, -0.2) is 53.5 Å². The maximum absolute atomic E-state index is 12.8. The molecular weight excluding hydrogens is 339 g/mol. The fraction of sp³-hybridized carbons (Fsp3) is 0.765. The summed E-state index contributed by atoms with van der Waals surface area (Å²) in [6.45, 7) is 6.92. The first-order valence-electron chi connectivity index (χ1n) is 9.41. The SMILES string of the molecule is CC(C)P1(=O)NC(=O)C(=C(N2CCCCC2)N2CCCCC2)C(=O)N1. The molecule has 0 unspecified atom stereocenters. The number of carbonyl (C=O) groups is 2. The van der Waals surface area contributed by atoms with E-state index in [-0.39, 0.29) is 11.2 Å². The largest absolute Gasteiger partial charge is 0.357 e. The second-order valence-electron chi connectivity index (χ2n) is 7.43. The van der Waals surface area contributed by atoms with Gasteiger partial charge in [0.15, 0.2) is 0 Å². The summed E-state index contributed by atoms with van der Waals surface area (Å²) in [6, 6.07) is 0. The van der Waals surface area contributed by atoms with Crippen molar-refractivity contribution in [2.45, 2.75) is 58.0 Å². The van der Waals surface area contributed by atoms with E-state index in [0.29, 0.717) is 0 Å². The van der Waals surface area contributed by atoms with Crippen LogP contribution in [0.3, 0.4) is 0 Å². The maximum atomic E-state index is 12.8. The molecule has 25 heavy (non-hydrogen) atoms. The highest BCUT2D eigenvalue weighted by Gasteiger charge is 2.42. The summed E-state index contributed by atoms with van der Waals surface area (Å²) >= 11 is 0. The highest BCUT2D eigenvalue weighted by Crippen LogP contribution is 2.45. The number of piperidine rings is 2. The zero-order valence-corrected chi connectivity index (χ0v) is 16.1. The van der Waals surface area contributed by atoms with Crippen molar-refractivity contribution < 1.29 is 14.2 Å². The van der Waals surface area contributed by atoms with Crippen molar-refractivity contribution in [3.8, 4) is 0 Å². The number of nitrogens with one attached hydrogen (secondary N) is 2. The van der Waals surface area contributed by atoms with Gasteiger partial charge in [-0.2, -0.15) is 0 Å². The quantitative estimate of drug-likeness (QED) is 0.452. The van der Waals surface area contributed by atoms with Crippen LogP contribution in [0.1, 0.15) is 52.4 Å². The van der Waals surface area contributed by atoms with E-state index in [2.05, 4.69) is 20.0 Å². The molecule has 3 saturated heterocycles. The summed E-state index contributed by atoms with van der Waals surface area (Å²) in [5, 5.41) is 5.21. The summed E-state index contributed by atoms with van der Waals surface area (Å²) in [6.07, 6.45) is 6.63. The van der Waals surface area contributed by atoms with E-state index in [1.807, 2.05) is 0 Å². The van der Waals surface area contributed by atoms with E-state index >= 15 is 0 Å².